The van der Waals surface area contributed by atoms with Gasteiger partial charge in [-0.15, -0.1) is 5.06 Å². The summed E-state index contributed by atoms with van der Waals surface area (Å²) in [4.78, 5) is 51.8. The maximum absolute atomic E-state index is 11.8. The number of rotatable bonds is 5. The molecule has 0 aliphatic carbocycles. The maximum atomic E-state index is 11.8. The predicted molar refractivity (Wildman–Crippen MR) is 63.3 cm³/mol. The highest BCUT2D eigenvalue weighted by Crippen LogP contribution is 2.11. The lowest BCUT2D eigenvalue weighted by molar-refractivity contribution is -0.196. The van der Waals surface area contributed by atoms with Crippen molar-refractivity contribution < 1.29 is 28.1 Å². The van der Waals surface area contributed by atoms with Crippen LogP contribution in [0.25, 0.3) is 0 Å². The van der Waals surface area contributed by atoms with Gasteiger partial charge in [-0.05, 0) is 21.0 Å². The molecule has 106 valence electrons. The first-order valence-corrected chi connectivity index (χ1v) is 5.50. The number of hydroxylamine groups is 2. The molecular formula is C11H17N3O5. The number of amides is 3. The number of imide groups is 1. The Kier molecular flexibility index (Phi) is 3.61. The van der Waals surface area contributed by atoms with E-state index in [1.807, 2.05) is 5.32 Å². The van der Waals surface area contributed by atoms with Crippen LogP contribution >= 0.6 is 0 Å². The standard InChI is InChI=1S/C11H17N3O5/c1-7(13(2)3)11(18)12-6-10(17)19-14-8(15)4-5-9(14)16/h7H,4-6H2,1-3H3,(H,12,18)/i2D,6D2,11+1,13+1,18+2. The van der Waals surface area contributed by atoms with Gasteiger partial charge in [0.1, 0.15) is 6.50 Å². The van der Waals surface area contributed by atoms with E-state index in [9.17, 15) is 19.2 Å². The fraction of sp³-hybridized carbons (Fsp3) is 0.636. The molecule has 1 aliphatic rings. The molecule has 1 aliphatic heterocycles. The van der Waals surface area contributed by atoms with Crippen LogP contribution in [0.5, 0.6) is 0 Å². The van der Waals surface area contributed by atoms with Gasteiger partial charge in [0.15, 0.2) is 0 Å². The van der Waals surface area contributed by atoms with Crippen LogP contribution in [0.2, 0.25) is 0 Å². The third-order valence-corrected chi connectivity index (χ3v) is 2.51. The fourth-order valence-corrected chi connectivity index (χ4v) is 1.18. The van der Waals surface area contributed by atoms with Gasteiger partial charge >= 0.3 is 5.97 Å². The average molecular weight is 278 g/mol. The van der Waals surface area contributed by atoms with Crippen molar-refractivity contribution in [3.63, 3.8) is 0 Å². The van der Waals surface area contributed by atoms with E-state index in [2.05, 4.69) is 4.84 Å². The van der Waals surface area contributed by atoms with Gasteiger partial charge < -0.3 is 10.2 Å². The topological polar surface area (TPSA) is 96.0 Å². The van der Waals surface area contributed by atoms with E-state index in [0.29, 0.717) is 0 Å². The maximum Gasteiger partial charge on any atom is 0.352 e. The molecule has 1 rings (SSSR count). The van der Waals surface area contributed by atoms with Gasteiger partial charge in [-0.3, -0.25) is 19.3 Å². The first kappa shape index (κ1) is 10.9. The largest absolute Gasteiger partial charge is 0.352 e. The summed E-state index contributed by atoms with van der Waals surface area (Å²) in [5.74, 6) is -3.91. The molecule has 0 spiro atoms. The Hall–Kier alpha value is -1.96. The van der Waals surface area contributed by atoms with Crippen molar-refractivity contribution in [2.75, 3.05) is 20.6 Å². The van der Waals surface area contributed by atoms with Gasteiger partial charge in [0.05, 0.1) is 8.78 Å². The predicted octanol–water partition coefficient (Wildman–Crippen LogP) is -1.34. The second-order valence-electron chi connectivity index (χ2n) is 4.01. The lowest BCUT2D eigenvalue weighted by atomic mass is 10.4. The van der Waals surface area contributed by atoms with E-state index in [0.717, 1.165) is 0 Å². The summed E-state index contributed by atoms with van der Waals surface area (Å²) in [7, 11) is 1.28. The van der Waals surface area contributed by atoms with Crippen LogP contribution in [-0.2, 0) is 24.0 Å². The molecule has 1 heterocycles. The average Bonchev–Trinajstić information content (AvgIpc) is 2.76. The van der Waals surface area contributed by atoms with Crippen LogP contribution < -0.4 is 5.32 Å². The number of nitrogens with one attached hydrogen (secondary N) is 1. The minimum absolute atomic E-state index is 0.118. The van der Waals surface area contributed by atoms with Gasteiger partial charge in [-0.25, -0.2) is 4.79 Å². The molecule has 8 nitrogen and oxygen atoms in total. The number of hydrogen-bond donors (Lipinski definition) is 1. The summed E-state index contributed by atoms with van der Waals surface area (Å²) in [6.45, 7) is -1.49. The van der Waals surface area contributed by atoms with Crippen molar-refractivity contribution in [1.29, 1.82) is 0 Å². The molecule has 0 bridgehead atoms. The molecule has 0 aromatic heterocycles. The highest BCUT2D eigenvalue weighted by molar-refractivity contribution is 6.01. The van der Waals surface area contributed by atoms with E-state index in [-0.39, 0.29) is 24.9 Å². The van der Waals surface area contributed by atoms with Crippen molar-refractivity contribution >= 4 is 23.7 Å². The van der Waals surface area contributed by atoms with Crippen molar-refractivity contribution in [2.24, 2.45) is 0 Å². The van der Waals surface area contributed by atoms with Gasteiger partial charge in [0.25, 0.3) is 11.8 Å². The number of carbonyl (C=O) groups is 4. The minimum atomic E-state index is -2.92. The molecule has 1 unspecified atom stereocenters. The smallest absolute Gasteiger partial charge is 0.344 e. The van der Waals surface area contributed by atoms with Crippen LogP contribution in [0, 0.1) is 0 Å². The van der Waals surface area contributed by atoms with E-state index < -0.39 is 36.2 Å². The second-order valence-corrected chi connectivity index (χ2v) is 4.01. The normalized spacial score (nSPS) is 19.7. The second kappa shape index (κ2) is 6.28. The number of nitrogens with zero attached hydrogens (tertiary/aromatic N) is 2. The first-order valence-electron chi connectivity index (χ1n) is 7.20. The Labute approximate surface area is 114 Å². The lowest BCUT2D eigenvalue weighted by Crippen LogP contribution is -2.44. The molecule has 0 saturated carbocycles. The van der Waals surface area contributed by atoms with Gasteiger partial charge in [0, 0.05) is 14.2 Å². The van der Waals surface area contributed by atoms with Crippen molar-refractivity contribution in [1.82, 2.24) is 15.3 Å². The molecule has 0 radical (unpaired) electrons. The van der Waals surface area contributed by atoms with Gasteiger partial charge in [-0.2, -0.15) is 0 Å². The Morgan fingerprint density at radius 1 is 1.63 bits per heavy atom. The summed E-state index contributed by atoms with van der Waals surface area (Å²) in [6, 6.07) is -0.851. The minimum Gasteiger partial charge on any atom is -0.344 e. The van der Waals surface area contributed by atoms with Crippen molar-refractivity contribution in [3.05, 3.63) is 0 Å². The van der Waals surface area contributed by atoms with Crippen LogP contribution in [-0.4, -0.2) is 60.3 Å². The van der Waals surface area contributed by atoms with Crippen molar-refractivity contribution in [2.45, 2.75) is 25.8 Å². The van der Waals surface area contributed by atoms with Crippen LogP contribution in [0.3, 0.4) is 0 Å². The molecule has 8 heteroatoms. The van der Waals surface area contributed by atoms with Gasteiger partial charge in [0.2, 0.25) is 5.91 Å². The van der Waals surface area contributed by atoms with E-state index in [1.165, 1.54) is 18.9 Å². The molecule has 0 aromatic carbocycles. The molecule has 1 N–H and O–H groups in total. The summed E-state index contributed by atoms with van der Waals surface area (Å²) in [6.07, 6.45) is -0.237. The van der Waals surface area contributed by atoms with Gasteiger partial charge in [-0.1, -0.05) is 0 Å². The Morgan fingerprint density at radius 2 is 2.21 bits per heavy atom. The van der Waals surface area contributed by atoms with E-state index in [4.69, 9.17) is 4.11 Å². The van der Waals surface area contributed by atoms with Crippen LogP contribution in [0.1, 0.15) is 23.9 Å². The number of carbonyl (C=O) groups excluding carboxylic acids is 4. The Balaban J connectivity index is 2.68. The van der Waals surface area contributed by atoms with E-state index in [1.54, 1.807) is 0 Å². The fourth-order valence-electron chi connectivity index (χ4n) is 1.18. The van der Waals surface area contributed by atoms with Crippen molar-refractivity contribution in [3.8, 4) is 0 Å². The van der Waals surface area contributed by atoms with E-state index >= 15 is 0 Å². The highest BCUT2D eigenvalue weighted by Gasteiger charge is 2.32. The summed E-state index contributed by atoms with van der Waals surface area (Å²) in [5.41, 5.74) is 0. The SMILES string of the molecule is [2H]C[15N](C)C(C)[13C](=[18O])NC([2H])([2H])C(=O)ON1C(=O)CCC1=O. The molecule has 19 heavy (non-hydrogen) atoms. The molecule has 3 amide bonds. The zero-order valence-electron chi connectivity index (χ0n) is 13.6. The summed E-state index contributed by atoms with van der Waals surface area (Å²) in [5, 5.41) is 2.02. The molecular weight excluding hydrogens is 258 g/mol. The molecule has 0 aromatic rings. The monoisotopic (exact) mass is 278 g/mol. The Bertz CT molecular complexity index is 483. The molecule has 1 atom stereocenters. The highest BCUT2D eigenvalue weighted by atomic mass is 18.1. The third-order valence-electron chi connectivity index (χ3n) is 2.51. The zero-order valence-corrected chi connectivity index (χ0v) is 10.6. The molecule has 1 saturated heterocycles. The summed E-state index contributed by atoms with van der Waals surface area (Å²) >= 11 is 0. The third kappa shape index (κ3) is 4.02. The Morgan fingerprint density at radius 3 is 2.74 bits per heavy atom. The van der Waals surface area contributed by atoms with Crippen LogP contribution in [0.4, 0.5) is 0 Å². The zero-order chi connectivity index (χ0) is 17.1. The molecule has 1 fully saturated rings. The van der Waals surface area contributed by atoms with Crippen LogP contribution in [0.15, 0.2) is 0 Å². The number of likely N-dealkylation sites (N-methyl/N-ethyl adjacent to an activating group) is 1. The lowest BCUT2D eigenvalue weighted by Gasteiger charge is -2.19. The first-order chi connectivity index (χ1) is 10.1. The summed E-state index contributed by atoms with van der Waals surface area (Å²) < 4.78 is 22.1. The quantitative estimate of drug-likeness (QED) is 0.289. The number of hydrogen-bond acceptors (Lipinski definition) is 6.